The molecule has 4 heterocycles. The number of nitrogens with zero attached hydrogens (tertiary/aromatic N) is 6. The maximum absolute atomic E-state index is 13.1. The predicted molar refractivity (Wildman–Crippen MR) is 119 cm³/mol. The van der Waals surface area contributed by atoms with E-state index in [2.05, 4.69) is 20.4 Å². The summed E-state index contributed by atoms with van der Waals surface area (Å²) >= 11 is 0. The summed E-state index contributed by atoms with van der Waals surface area (Å²) in [5, 5.41) is 6.94. The van der Waals surface area contributed by atoms with Crippen LogP contribution in [0.3, 0.4) is 0 Å². The van der Waals surface area contributed by atoms with Crippen LogP contribution in [0, 0.1) is 0 Å². The highest BCUT2D eigenvalue weighted by Gasteiger charge is 2.27. The highest BCUT2D eigenvalue weighted by molar-refractivity contribution is 6.10. The average Bonchev–Trinajstić information content (AvgIpc) is 3.43. The monoisotopic (exact) mass is 429 g/mol. The highest BCUT2D eigenvalue weighted by Crippen LogP contribution is 2.20. The number of aryl methyl sites for hydroxylation is 1. The molecule has 1 aliphatic rings. The third-order valence-corrected chi connectivity index (χ3v) is 5.66. The Morgan fingerprint density at radius 2 is 1.78 bits per heavy atom. The van der Waals surface area contributed by atoms with E-state index in [1.54, 1.807) is 28.6 Å². The zero-order valence-corrected chi connectivity index (χ0v) is 17.7. The SMILES string of the molecule is Cn1ncc(C(=O)N2CCCCC2)c1C(=O)Nc1ccn2cc(-c3ccccc3)nc2n1. The molecule has 1 saturated heterocycles. The fourth-order valence-corrected chi connectivity index (χ4v) is 4.00. The second kappa shape index (κ2) is 8.26. The number of fused-ring (bicyclic) bond motifs is 1. The summed E-state index contributed by atoms with van der Waals surface area (Å²) in [5.41, 5.74) is 2.30. The first-order valence-corrected chi connectivity index (χ1v) is 10.6. The molecule has 4 aromatic rings. The molecule has 9 nitrogen and oxygen atoms in total. The van der Waals surface area contributed by atoms with Crippen LogP contribution in [0.4, 0.5) is 5.82 Å². The van der Waals surface area contributed by atoms with Crippen molar-refractivity contribution in [2.24, 2.45) is 7.05 Å². The first kappa shape index (κ1) is 19.9. The van der Waals surface area contributed by atoms with Crippen LogP contribution < -0.4 is 5.32 Å². The largest absolute Gasteiger partial charge is 0.339 e. The van der Waals surface area contributed by atoms with Crippen LogP contribution >= 0.6 is 0 Å². The van der Waals surface area contributed by atoms with Crippen LogP contribution in [-0.2, 0) is 7.05 Å². The smallest absolute Gasteiger partial charge is 0.275 e. The number of likely N-dealkylation sites (tertiary alicyclic amines) is 1. The van der Waals surface area contributed by atoms with E-state index in [4.69, 9.17) is 0 Å². The number of amides is 2. The van der Waals surface area contributed by atoms with Gasteiger partial charge in [-0.3, -0.25) is 18.7 Å². The van der Waals surface area contributed by atoms with E-state index in [-0.39, 0.29) is 11.6 Å². The lowest BCUT2D eigenvalue weighted by Gasteiger charge is -2.26. The third kappa shape index (κ3) is 3.73. The molecule has 0 unspecified atom stereocenters. The van der Waals surface area contributed by atoms with Crippen LogP contribution in [-0.4, -0.2) is 54.0 Å². The molecular weight excluding hydrogens is 406 g/mol. The molecule has 0 aliphatic carbocycles. The second-order valence-corrected chi connectivity index (χ2v) is 7.85. The van der Waals surface area contributed by atoms with Crippen molar-refractivity contribution in [1.82, 2.24) is 29.0 Å². The summed E-state index contributed by atoms with van der Waals surface area (Å²) in [6, 6.07) is 11.5. The molecule has 162 valence electrons. The Hall–Kier alpha value is -4.01. The van der Waals surface area contributed by atoms with Gasteiger partial charge >= 0.3 is 0 Å². The number of anilines is 1. The molecule has 0 radical (unpaired) electrons. The molecule has 3 aromatic heterocycles. The van der Waals surface area contributed by atoms with Crippen molar-refractivity contribution in [3.63, 3.8) is 0 Å². The summed E-state index contributed by atoms with van der Waals surface area (Å²) in [5.74, 6) is 0.228. The number of nitrogens with one attached hydrogen (secondary N) is 1. The maximum atomic E-state index is 13.1. The predicted octanol–water partition coefficient (Wildman–Crippen LogP) is 3.01. The first-order valence-electron chi connectivity index (χ1n) is 10.6. The Morgan fingerprint density at radius 1 is 1.00 bits per heavy atom. The first-order chi connectivity index (χ1) is 15.6. The van der Waals surface area contributed by atoms with Gasteiger partial charge in [-0.2, -0.15) is 10.1 Å². The van der Waals surface area contributed by atoms with E-state index in [1.807, 2.05) is 36.5 Å². The minimum Gasteiger partial charge on any atom is -0.339 e. The van der Waals surface area contributed by atoms with Crippen LogP contribution in [0.2, 0.25) is 0 Å². The van der Waals surface area contributed by atoms with Crippen LogP contribution in [0.5, 0.6) is 0 Å². The second-order valence-electron chi connectivity index (χ2n) is 7.85. The number of benzene rings is 1. The molecule has 0 spiro atoms. The van der Waals surface area contributed by atoms with Gasteiger partial charge in [0.05, 0.1) is 17.5 Å². The molecule has 0 bridgehead atoms. The molecule has 9 heteroatoms. The lowest BCUT2D eigenvalue weighted by molar-refractivity contribution is 0.0720. The van der Waals surface area contributed by atoms with Gasteiger partial charge in [-0.05, 0) is 25.3 Å². The van der Waals surface area contributed by atoms with Gasteiger partial charge in [0.2, 0.25) is 5.78 Å². The zero-order valence-electron chi connectivity index (χ0n) is 17.7. The average molecular weight is 429 g/mol. The molecule has 2 amide bonds. The van der Waals surface area contributed by atoms with Crippen molar-refractivity contribution >= 4 is 23.4 Å². The summed E-state index contributed by atoms with van der Waals surface area (Å²) < 4.78 is 3.22. The van der Waals surface area contributed by atoms with E-state index in [9.17, 15) is 9.59 Å². The van der Waals surface area contributed by atoms with Gasteiger partial charge in [0.1, 0.15) is 11.5 Å². The van der Waals surface area contributed by atoms with Gasteiger partial charge in [0.25, 0.3) is 11.8 Å². The Balaban J connectivity index is 1.39. The van der Waals surface area contributed by atoms with Gasteiger partial charge < -0.3 is 10.2 Å². The van der Waals surface area contributed by atoms with Crippen LogP contribution in [0.25, 0.3) is 17.0 Å². The van der Waals surface area contributed by atoms with E-state index >= 15 is 0 Å². The van der Waals surface area contributed by atoms with Crippen molar-refractivity contribution in [3.05, 3.63) is 66.2 Å². The number of carbonyl (C=O) groups is 2. The van der Waals surface area contributed by atoms with Crippen molar-refractivity contribution in [2.45, 2.75) is 19.3 Å². The number of rotatable bonds is 4. The summed E-state index contributed by atoms with van der Waals surface area (Å²) in [4.78, 5) is 36.8. The normalized spacial score (nSPS) is 14.0. The van der Waals surface area contributed by atoms with E-state index < -0.39 is 5.91 Å². The highest BCUT2D eigenvalue weighted by atomic mass is 16.2. The molecular formula is C23H23N7O2. The Morgan fingerprint density at radius 3 is 2.56 bits per heavy atom. The Kier molecular flexibility index (Phi) is 5.14. The minimum atomic E-state index is -0.433. The number of aromatic nitrogens is 5. The quantitative estimate of drug-likeness (QED) is 0.538. The van der Waals surface area contributed by atoms with Crippen LogP contribution in [0.1, 0.15) is 40.1 Å². The molecule has 1 N–H and O–H groups in total. The van der Waals surface area contributed by atoms with Crippen molar-refractivity contribution in [1.29, 1.82) is 0 Å². The topological polar surface area (TPSA) is 97.4 Å². The number of imidazole rings is 1. The van der Waals surface area contributed by atoms with Crippen LogP contribution in [0.15, 0.2) is 55.0 Å². The minimum absolute atomic E-state index is 0.160. The molecule has 0 atom stereocenters. The lowest BCUT2D eigenvalue weighted by atomic mass is 10.1. The van der Waals surface area contributed by atoms with Gasteiger partial charge in [-0.1, -0.05) is 30.3 Å². The van der Waals surface area contributed by atoms with Gasteiger partial charge in [-0.15, -0.1) is 0 Å². The van der Waals surface area contributed by atoms with E-state index in [0.29, 0.717) is 30.2 Å². The maximum Gasteiger partial charge on any atom is 0.275 e. The molecule has 1 aromatic carbocycles. The van der Waals surface area contributed by atoms with Gasteiger partial charge in [0, 0.05) is 38.1 Å². The number of hydrogen-bond acceptors (Lipinski definition) is 5. The van der Waals surface area contributed by atoms with Gasteiger partial charge in [0.15, 0.2) is 0 Å². The fraction of sp³-hybridized carbons (Fsp3) is 0.261. The lowest BCUT2D eigenvalue weighted by Crippen LogP contribution is -2.36. The summed E-state index contributed by atoms with van der Waals surface area (Å²) in [6.45, 7) is 1.41. The molecule has 5 rings (SSSR count). The summed E-state index contributed by atoms with van der Waals surface area (Å²) in [6.07, 6.45) is 8.22. The number of piperidine rings is 1. The van der Waals surface area contributed by atoms with E-state index in [0.717, 1.165) is 30.5 Å². The standard InChI is InChI=1S/C23H23N7O2/c1-28-20(17(14-24-28)22(32)29-11-6-3-7-12-29)21(31)26-19-10-13-30-15-18(25-23(30)27-19)16-8-4-2-5-9-16/h2,4-5,8-10,13-15H,3,6-7,11-12H2,1H3,(H,25,26,27,31). The number of carbonyl (C=O) groups excluding carboxylic acids is 2. The van der Waals surface area contributed by atoms with Crippen molar-refractivity contribution < 1.29 is 9.59 Å². The fourth-order valence-electron chi connectivity index (χ4n) is 4.00. The van der Waals surface area contributed by atoms with E-state index in [1.165, 1.54) is 10.9 Å². The molecule has 1 aliphatic heterocycles. The Bertz CT molecular complexity index is 1290. The molecule has 0 saturated carbocycles. The zero-order chi connectivity index (χ0) is 22.1. The van der Waals surface area contributed by atoms with Gasteiger partial charge in [-0.25, -0.2) is 4.98 Å². The molecule has 32 heavy (non-hydrogen) atoms. The van der Waals surface area contributed by atoms with Crippen molar-refractivity contribution in [3.8, 4) is 11.3 Å². The summed E-state index contributed by atoms with van der Waals surface area (Å²) in [7, 11) is 1.65. The van der Waals surface area contributed by atoms with Crippen molar-refractivity contribution in [2.75, 3.05) is 18.4 Å². The molecule has 1 fully saturated rings. The number of hydrogen-bond donors (Lipinski definition) is 1. The third-order valence-electron chi connectivity index (χ3n) is 5.66. The Labute approximate surface area is 184 Å².